The Morgan fingerprint density at radius 2 is 2.00 bits per heavy atom. The summed E-state index contributed by atoms with van der Waals surface area (Å²) in [4.78, 5) is 8.71. The second kappa shape index (κ2) is 6.30. The molecule has 0 aliphatic rings. The van der Waals surface area contributed by atoms with Crippen LogP contribution in [0.25, 0.3) is 0 Å². The molecule has 1 heterocycles. The van der Waals surface area contributed by atoms with Gasteiger partial charge in [-0.15, -0.1) is 11.8 Å². The summed E-state index contributed by atoms with van der Waals surface area (Å²) in [5.74, 6) is 1.34. The molecular weight excluding hydrogens is 279 g/mol. The summed E-state index contributed by atoms with van der Waals surface area (Å²) in [5, 5.41) is 0. The zero-order valence-corrected chi connectivity index (χ0v) is 12.5. The van der Waals surface area contributed by atoms with Gasteiger partial charge in [-0.25, -0.2) is 9.37 Å². The number of hydrogen-bond donors (Lipinski definition) is 1. The summed E-state index contributed by atoms with van der Waals surface area (Å²) in [6.07, 6.45) is 0.909. The lowest BCUT2D eigenvalue weighted by molar-refractivity contribution is 0.626. The highest BCUT2D eigenvalue weighted by molar-refractivity contribution is 7.98. The average molecular weight is 294 g/mol. The summed E-state index contributed by atoms with van der Waals surface area (Å²) in [6, 6.07) is 6.46. The molecule has 0 spiro atoms. The van der Waals surface area contributed by atoms with Crippen molar-refractivity contribution in [3.05, 3.63) is 51.8 Å². The number of hydrogen-bond acceptors (Lipinski definition) is 3. The molecule has 1 aromatic carbocycles. The fourth-order valence-electron chi connectivity index (χ4n) is 1.74. The molecule has 2 nitrogen and oxygen atoms in total. The van der Waals surface area contributed by atoms with Crippen LogP contribution in [0.4, 0.5) is 4.39 Å². The molecule has 100 valence electrons. The maximum absolute atomic E-state index is 12.8. The van der Waals surface area contributed by atoms with E-state index in [2.05, 4.69) is 16.9 Å². The molecule has 2 rings (SSSR count). The van der Waals surface area contributed by atoms with Gasteiger partial charge < -0.3 is 4.98 Å². The molecular formula is C14H15FN2S2. The Balaban J connectivity index is 2.13. The fraction of sp³-hybridized carbons (Fsp3) is 0.286. The number of halogens is 1. The molecule has 19 heavy (non-hydrogen) atoms. The molecule has 0 atom stereocenters. The molecule has 0 aliphatic heterocycles. The zero-order valence-electron chi connectivity index (χ0n) is 10.9. The predicted octanol–water partition coefficient (Wildman–Crippen LogP) is 4.44. The standard InChI is InChI=1S/C14H15FN2S2/c1-3-12-9(2)14(18)17-13(16-12)8-19-11-6-4-10(15)5-7-11/h4-7H,3,8H2,1-2H3,(H,16,17,18). The van der Waals surface area contributed by atoms with Crippen LogP contribution < -0.4 is 0 Å². The second-order valence-corrected chi connectivity index (χ2v) is 5.62. The lowest BCUT2D eigenvalue weighted by Crippen LogP contribution is -2.01. The number of thioether (sulfide) groups is 1. The van der Waals surface area contributed by atoms with E-state index in [1.807, 2.05) is 6.92 Å². The molecule has 0 unspecified atom stereocenters. The van der Waals surface area contributed by atoms with Gasteiger partial charge in [-0.05, 0) is 37.6 Å². The molecule has 0 radical (unpaired) electrons. The summed E-state index contributed by atoms with van der Waals surface area (Å²) in [5.41, 5.74) is 2.18. The highest BCUT2D eigenvalue weighted by Gasteiger charge is 2.04. The molecule has 1 N–H and O–H groups in total. The largest absolute Gasteiger partial charge is 0.346 e. The van der Waals surface area contributed by atoms with Crippen molar-refractivity contribution in [2.24, 2.45) is 0 Å². The van der Waals surface area contributed by atoms with Crippen LogP contribution in [0.15, 0.2) is 29.2 Å². The first kappa shape index (κ1) is 14.2. The maximum atomic E-state index is 12.8. The van der Waals surface area contributed by atoms with E-state index in [0.29, 0.717) is 10.4 Å². The number of nitrogens with zero attached hydrogens (tertiary/aromatic N) is 1. The van der Waals surface area contributed by atoms with Crippen molar-refractivity contribution >= 4 is 24.0 Å². The second-order valence-electron chi connectivity index (χ2n) is 4.19. The zero-order chi connectivity index (χ0) is 13.8. The first-order chi connectivity index (χ1) is 9.10. The molecule has 0 amide bonds. The van der Waals surface area contributed by atoms with Crippen molar-refractivity contribution in [3.8, 4) is 0 Å². The van der Waals surface area contributed by atoms with Gasteiger partial charge in [0.2, 0.25) is 0 Å². The topological polar surface area (TPSA) is 28.7 Å². The quantitative estimate of drug-likeness (QED) is 0.667. The Bertz CT molecular complexity index is 620. The summed E-state index contributed by atoms with van der Waals surface area (Å²) in [6.45, 7) is 4.08. The maximum Gasteiger partial charge on any atom is 0.132 e. The van der Waals surface area contributed by atoms with Crippen LogP contribution in [0.3, 0.4) is 0 Å². The SMILES string of the molecule is CCc1[nH]c(CSc2ccc(F)cc2)nc(=S)c1C. The van der Waals surface area contributed by atoms with Gasteiger partial charge in [-0.3, -0.25) is 0 Å². The number of H-pyrrole nitrogens is 1. The molecule has 0 bridgehead atoms. The highest BCUT2D eigenvalue weighted by atomic mass is 32.2. The minimum atomic E-state index is -0.217. The van der Waals surface area contributed by atoms with Gasteiger partial charge in [0.25, 0.3) is 0 Å². The van der Waals surface area contributed by atoms with Gasteiger partial charge in [-0.2, -0.15) is 0 Å². The lowest BCUT2D eigenvalue weighted by Gasteiger charge is -2.07. The minimum Gasteiger partial charge on any atom is -0.346 e. The molecule has 5 heteroatoms. The van der Waals surface area contributed by atoms with Gasteiger partial charge in [0.1, 0.15) is 16.3 Å². The van der Waals surface area contributed by atoms with Crippen molar-refractivity contribution in [2.75, 3.05) is 0 Å². The molecule has 0 fully saturated rings. The Morgan fingerprint density at radius 3 is 2.63 bits per heavy atom. The van der Waals surface area contributed by atoms with Crippen LogP contribution >= 0.6 is 24.0 Å². The Morgan fingerprint density at radius 1 is 1.32 bits per heavy atom. The normalized spacial score (nSPS) is 10.7. The summed E-state index contributed by atoms with van der Waals surface area (Å²) in [7, 11) is 0. The molecule has 0 aliphatic carbocycles. The van der Waals surface area contributed by atoms with E-state index in [4.69, 9.17) is 12.2 Å². The summed E-state index contributed by atoms with van der Waals surface area (Å²) < 4.78 is 13.5. The van der Waals surface area contributed by atoms with Gasteiger partial charge in [-0.1, -0.05) is 19.1 Å². The van der Waals surface area contributed by atoms with Crippen molar-refractivity contribution in [2.45, 2.75) is 30.9 Å². The van der Waals surface area contributed by atoms with E-state index in [0.717, 1.165) is 28.4 Å². The van der Waals surface area contributed by atoms with Gasteiger partial charge in [0, 0.05) is 16.2 Å². The monoisotopic (exact) mass is 294 g/mol. The Hall–Kier alpha value is -1.20. The van der Waals surface area contributed by atoms with Gasteiger partial charge in [0.15, 0.2) is 0 Å². The first-order valence-electron chi connectivity index (χ1n) is 6.07. The Labute approximate surface area is 121 Å². The molecule has 2 aromatic rings. The summed E-state index contributed by atoms with van der Waals surface area (Å²) >= 11 is 6.86. The third-order valence-corrected chi connectivity index (χ3v) is 4.27. The first-order valence-corrected chi connectivity index (χ1v) is 7.46. The Kier molecular flexibility index (Phi) is 4.71. The number of aryl methyl sites for hydroxylation is 1. The molecule has 0 saturated heterocycles. The van der Waals surface area contributed by atoms with E-state index in [9.17, 15) is 4.39 Å². The van der Waals surface area contributed by atoms with Crippen LogP contribution in [-0.4, -0.2) is 9.97 Å². The van der Waals surface area contributed by atoms with Crippen molar-refractivity contribution in [3.63, 3.8) is 0 Å². The van der Waals surface area contributed by atoms with E-state index in [1.165, 1.54) is 12.1 Å². The van der Waals surface area contributed by atoms with Crippen LogP contribution in [0.1, 0.15) is 24.0 Å². The minimum absolute atomic E-state index is 0.217. The number of nitrogens with one attached hydrogen (secondary N) is 1. The van der Waals surface area contributed by atoms with Crippen LogP contribution in [0.5, 0.6) is 0 Å². The van der Waals surface area contributed by atoms with Gasteiger partial charge >= 0.3 is 0 Å². The number of aromatic amines is 1. The number of rotatable bonds is 4. The van der Waals surface area contributed by atoms with E-state index in [1.54, 1.807) is 23.9 Å². The van der Waals surface area contributed by atoms with Crippen molar-refractivity contribution < 1.29 is 4.39 Å². The highest BCUT2D eigenvalue weighted by Crippen LogP contribution is 2.22. The van der Waals surface area contributed by atoms with Gasteiger partial charge in [0.05, 0.1) is 5.75 Å². The van der Waals surface area contributed by atoms with Crippen LogP contribution in [0.2, 0.25) is 0 Å². The lowest BCUT2D eigenvalue weighted by atomic mass is 10.2. The number of aromatic nitrogens is 2. The fourth-order valence-corrected chi connectivity index (χ4v) is 2.74. The molecule has 0 saturated carbocycles. The van der Waals surface area contributed by atoms with E-state index in [-0.39, 0.29) is 5.82 Å². The van der Waals surface area contributed by atoms with Crippen LogP contribution in [0, 0.1) is 17.4 Å². The third-order valence-electron chi connectivity index (χ3n) is 2.85. The third kappa shape index (κ3) is 3.64. The number of benzene rings is 1. The van der Waals surface area contributed by atoms with Crippen molar-refractivity contribution in [1.82, 2.24) is 9.97 Å². The van der Waals surface area contributed by atoms with Crippen molar-refractivity contribution in [1.29, 1.82) is 0 Å². The average Bonchev–Trinajstić information content (AvgIpc) is 2.41. The van der Waals surface area contributed by atoms with Crippen LogP contribution in [-0.2, 0) is 12.2 Å². The predicted molar refractivity (Wildman–Crippen MR) is 79.5 cm³/mol. The molecule has 1 aromatic heterocycles. The van der Waals surface area contributed by atoms with E-state index >= 15 is 0 Å². The smallest absolute Gasteiger partial charge is 0.132 e. The van der Waals surface area contributed by atoms with E-state index < -0.39 is 0 Å².